The Morgan fingerprint density at radius 1 is 1.00 bits per heavy atom. The molecule has 0 radical (unpaired) electrons. The Labute approximate surface area is 117 Å². The molecule has 0 aliphatic heterocycles. The van der Waals surface area contributed by atoms with Crippen molar-refractivity contribution in [3.05, 3.63) is 35.4 Å². The van der Waals surface area contributed by atoms with E-state index < -0.39 is 0 Å². The average molecular weight is 261 g/mol. The third-order valence-electron chi connectivity index (χ3n) is 3.38. The van der Waals surface area contributed by atoms with Gasteiger partial charge in [0.15, 0.2) is 0 Å². The van der Waals surface area contributed by atoms with Crippen molar-refractivity contribution in [2.24, 2.45) is 0 Å². The number of hydrogen-bond acceptors (Lipinski definition) is 1. The first-order valence-corrected chi connectivity index (χ1v) is 7.65. The monoisotopic (exact) mass is 261 g/mol. The SMILES string of the molecule is CCCCCCc1ccccc1C(=O)NCCCC. The van der Waals surface area contributed by atoms with Crippen LogP contribution < -0.4 is 5.32 Å². The molecule has 0 heterocycles. The number of amides is 1. The van der Waals surface area contributed by atoms with E-state index in [9.17, 15) is 4.79 Å². The van der Waals surface area contributed by atoms with Gasteiger partial charge < -0.3 is 5.32 Å². The molecule has 0 fully saturated rings. The summed E-state index contributed by atoms with van der Waals surface area (Å²) >= 11 is 0. The molecule has 19 heavy (non-hydrogen) atoms. The van der Waals surface area contributed by atoms with Crippen molar-refractivity contribution in [1.82, 2.24) is 5.32 Å². The smallest absolute Gasteiger partial charge is 0.251 e. The maximum Gasteiger partial charge on any atom is 0.251 e. The van der Waals surface area contributed by atoms with Crippen LogP contribution >= 0.6 is 0 Å². The molecule has 1 aromatic rings. The molecule has 1 amide bonds. The fourth-order valence-electron chi connectivity index (χ4n) is 2.18. The number of rotatable bonds is 9. The Hall–Kier alpha value is -1.31. The fourth-order valence-corrected chi connectivity index (χ4v) is 2.18. The molecule has 1 aromatic carbocycles. The van der Waals surface area contributed by atoms with Crippen molar-refractivity contribution in [3.8, 4) is 0 Å². The van der Waals surface area contributed by atoms with Gasteiger partial charge in [-0.2, -0.15) is 0 Å². The number of nitrogens with one attached hydrogen (secondary N) is 1. The van der Waals surface area contributed by atoms with E-state index in [0.29, 0.717) is 0 Å². The predicted molar refractivity (Wildman–Crippen MR) is 81.5 cm³/mol. The molecule has 1 N–H and O–H groups in total. The summed E-state index contributed by atoms with van der Waals surface area (Å²) in [6.07, 6.45) is 8.13. The van der Waals surface area contributed by atoms with Crippen LogP contribution in [0, 0.1) is 0 Å². The zero-order valence-corrected chi connectivity index (χ0v) is 12.4. The lowest BCUT2D eigenvalue weighted by Gasteiger charge is -2.10. The second kappa shape index (κ2) is 9.60. The second-order valence-electron chi connectivity index (χ2n) is 5.08. The molecule has 0 bridgehead atoms. The Bertz CT molecular complexity index is 373. The van der Waals surface area contributed by atoms with Gasteiger partial charge in [-0.15, -0.1) is 0 Å². The van der Waals surface area contributed by atoms with Crippen LogP contribution in [-0.4, -0.2) is 12.5 Å². The van der Waals surface area contributed by atoms with Crippen molar-refractivity contribution in [2.45, 2.75) is 58.8 Å². The van der Waals surface area contributed by atoms with Crippen molar-refractivity contribution < 1.29 is 4.79 Å². The maximum absolute atomic E-state index is 12.1. The second-order valence-corrected chi connectivity index (χ2v) is 5.08. The van der Waals surface area contributed by atoms with Crippen LogP contribution in [0.25, 0.3) is 0 Å². The van der Waals surface area contributed by atoms with Gasteiger partial charge in [0.05, 0.1) is 0 Å². The van der Waals surface area contributed by atoms with Gasteiger partial charge in [-0.3, -0.25) is 4.79 Å². The lowest BCUT2D eigenvalue weighted by molar-refractivity contribution is 0.0952. The highest BCUT2D eigenvalue weighted by atomic mass is 16.1. The van der Waals surface area contributed by atoms with Crippen molar-refractivity contribution in [1.29, 1.82) is 0 Å². The molecule has 0 atom stereocenters. The molecule has 2 heteroatoms. The third-order valence-corrected chi connectivity index (χ3v) is 3.38. The standard InChI is InChI=1S/C17H27NO/c1-3-5-7-8-11-15-12-9-10-13-16(15)17(19)18-14-6-4-2/h9-10,12-13H,3-8,11,14H2,1-2H3,(H,18,19). The molecule has 0 aliphatic rings. The number of aryl methyl sites for hydroxylation is 1. The number of unbranched alkanes of at least 4 members (excludes halogenated alkanes) is 4. The highest BCUT2D eigenvalue weighted by Crippen LogP contribution is 2.13. The molecule has 106 valence electrons. The summed E-state index contributed by atoms with van der Waals surface area (Å²) in [5, 5.41) is 3.00. The van der Waals surface area contributed by atoms with E-state index in [-0.39, 0.29) is 5.91 Å². The van der Waals surface area contributed by atoms with E-state index in [2.05, 4.69) is 25.2 Å². The zero-order chi connectivity index (χ0) is 13.9. The molecule has 0 spiro atoms. The summed E-state index contributed by atoms with van der Waals surface area (Å²) in [6, 6.07) is 8.00. The first kappa shape index (κ1) is 15.7. The summed E-state index contributed by atoms with van der Waals surface area (Å²) in [4.78, 5) is 12.1. The van der Waals surface area contributed by atoms with Crippen LogP contribution in [0.5, 0.6) is 0 Å². The number of carbonyl (C=O) groups excluding carboxylic acids is 1. The van der Waals surface area contributed by atoms with Gasteiger partial charge in [0.1, 0.15) is 0 Å². The maximum atomic E-state index is 12.1. The van der Waals surface area contributed by atoms with Gasteiger partial charge >= 0.3 is 0 Å². The van der Waals surface area contributed by atoms with Gasteiger partial charge in [-0.25, -0.2) is 0 Å². The Morgan fingerprint density at radius 2 is 1.74 bits per heavy atom. The molecule has 0 aromatic heterocycles. The van der Waals surface area contributed by atoms with Crippen molar-refractivity contribution in [2.75, 3.05) is 6.54 Å². The highest BCUT2D eigenvalue weighted by Gasteiger charge is 2.09. The van der Waals surface area contributed by atoms with Crippen LogP contribution in [0.15, 0.2) is 24.3 Å². The molecule has 2 nitrogen and oxygen atoms in total. The minimum absolute atomic E-state index is 0.0829. The Morgan fingerprint density at radius 3 is 2.47 bits per heavy atom. The van der Waals surface area contributed by atoms with E-state index in [1.165, 1.54) is 31.2 Å². The van der Waals surface area contributed by atoms with Gasteiger partial charge in [0.25, 0.3) is 5.91 Å². The van der Waals surface area contributed by atoms with Gasteiger partial charge in [-0.1, -0.05) is 57.7 Å². The zero-order valence-electron chi connectivity index (χ0n) is 12.4. The molecule has 0 aliphatic carbocycles. The largest absolute Gasteiger partial charge is 0.352 e. The summed E-state index contributed by atoms with van der Waals surface area (Å²) in [5.74, 6) is 0.0829. The lowest BCUT2D eigenvalue weighted by Crippen LogP contribution is -2.25. The molecular weight excluding hydrogens is 234 g/mol. The fraction of sp³-hybridized carbons (Fsp3) is 0.588. The first-order valence-electron chi connectivity index (χ1n) is 7.65. The topological polar surface area (TPSA) is 29.1 Å². The summed E-state index contributed by atoms with van der Waals surface area (Å²) < 4.78 is 0. The molecule has 0 saturated heterocycles. The lowest BCUT2D eigenvalue weighted by atomic mass is 10.0. The Balaban J connectivity index is 2.54. The number of hydrogen-bond donors (Lipinski definition) is 1. The van der Waals surface area contributed by atoms with Crippen molar-refractivity contribution in [3.63, 3.8) is 0 Å². The summed E-state index contributed by atoms with van der Waals surface area (Å²) in [5.41, 5.74) is 2.04. The van der Waals surface area contributed by atoms with Crippen LogP contribution in [-0.2, 0) is 6.42 Å². The third kappa shape index (κ3) is 5.91. The quantitative estimate of drug-likeness (QED) is 0.658. The van der Waals surface area contributed by atoms with Crippen LogP contribution in [0.2, 0.25) is 0 Å². The highest BCUT2D eigenvalue weighted by molar-refractivity contribution is 5.95. The Kier molecular flexibility index (Phi) is 7.95. The van der Waals surface area contributed by atoms with E-state index in [1.54, 1.807) is 0 Å². The van der Waals surface area contributed by atoms with Gasteiger partial charge in [0, 0.05) is 12.1 Å². The normalized spacial score (nSPS) is 10.4. The van der Waals surface area contributed by atoms with E-state index in [1.807, 2.05) is 18.2 Å². The van der Waals surface area contributed by atoms with E-state index in [4.69, 9.17) is 0 Å². The first-order chi connectivity index (χ1) is 9.29. The predicted octanol–water partition coefficient (Wildman–Crippen LogP) is 4.34. The average Bonchev–Trinajstić information content (AvgIpc) is 2.44. The molecule has 1 rings (SSSR count). The van der Waals surface area contributed by atoms with E-state index in [0.717, 1.165) is 31.4 Å². The number of benzene rings is 1. The molecule has 0 saturated carbocycles. The van der Waals surface area contributed by atoms with Crippen molar-refractivity contribution >= 4 is 5.91 Å². The van der Waals surface area contributed by atoms with E-state index >= 15 is 0 Å². The molecule has 0 unspecified atom stereocenters. The molecular formula is C17H27NO. The van der Waals surface area contributed by atoms with Crippen LogP contribution in [0.4, 0.5) is 0 Å². The summed E-state index contributed by atoms with van der Waals surface area (Å²) in [7, 11) is 0. The van der Waals surface area contributed by atoms with Gasteiger partial charge in [-0.05, 0) is 30.9 Å². The van der Waals surface area contributed by atoms with Crippen LogP contribution in [0.1, 0.15) is 68.3 Å². The van der Waals surface area contributed by atoms with Gasteiger partial charge in [0.2, 0.25) is 0 Å². The number of carbonyl (C=O) groups is 1. The minimum atomic E-state index is 0.0829. The van der Waals surface area contributed by atoms with Crippen LogP contribution in [0.3, 0.4) is 0 Å². The summed E-state index contributed by atoms with van der Waals surface area (Å²) in [6.45, 7) is 5.13. The minimum Gasteiger partial charge on any atom is -0.352 e.